The number of hydrogen-bond acceptors (Lipinski definition) is 4. The predicted molar refractivity (Wildman–Crippen MR) is 98.6 cm³/mol. The molecule has 6 nitrogen and oxygen atoms in total. The molecule has 0 saturated carbocycles. The largest absolute Gasteiger partial charge is 0.493 e. The Hall–Kier alpha value is -2.73. The molecule has 0 spiro atoms. The molecular weight excluding hydrogens is 342 g/mol. The maximum Gasteiger partial charge on any atom is 0.335 e. The van der Waals surface area contributed by atoms with E-state index >= 15 is 0 Å². The fraction of sp³-hybridized carbons (Fsp3) is 0.222. The number of ether oxygens (including phenoxy) is 2. The van der Waals surface area contributed by atoms with Crippen LogP contribution in [-0.4, -0.2) is 38.0 Å². The van der Waals surface area contributed by atoms with Crippen molar-refractivity contribution in [1.82, 2.24) is 5.01 Å². The Bertz CT molecular complexity index is 748. The molecule has 0 aliphatic heterocycles. The van der Waals surface area contributed by atoms with Crippen molar-refractivity contribution in [2.24, 2.45) is 10.8 Å². The molecule has 0 aromatic heterocycles. The molecule has 2 amide bonds. The fourth-order valence-corrected chi connectivity index (χ4v) is 2.31. The van der Waals surface area contributed by atoms with Gasteiger partial charge in [0.05, 0.1) is 27.0 Å². The zero-order valence-corrected chi connectivity index (χ0v) is 14.9. The monoisotopic (exact) mass is 361 g/mol. The minimum Gasteiger partial charge on any atom is -0.493 e. The van der Waals surface area contributed by atoms with Gasteiger partial charge < -0.3 is 15.2 Å². The van der Waals surface area contributed by atoms with Gasteiger partial charge in [-0.3, -0.25) is 0 Å². The van der Waals surface area contributed by atoms with E-state index in [0.29, 0.717) is 29.5 Å². The molecule has 7 heteroatoms. The number of carbonyl (C=O) groups is 1. The Morgan fingerprint density at radius 1 is 1.16 bits per heavy atom. The molecule has 132 valence electrons. The molecule has 0 bridgehead atoms. The summed E-state index contributed by atoms with van der Waals surface area (Å²) in [5, 5.41) is 6.05. The standard InChI is InChI=1S/C18H20ClN3O3/c1-24-16-8-5-14(11-17(16)25-2)12-21-22(18(20)23)10-9-13-3-6-15(19)7-4-13/h3-8,11-12H,9-10H2,1-2H3,(H2,20,23)/b21-12-. The van der Waals surface area contributed by atoms with Crippen LogP contribution in [0.2, 0.25) is 5.02 Å². The number of rotatable bonds is 7. The molecule has 0 heterocycles. The molecule has 2 rings (SSSR count). The lowest BCUT2D eigenvalue weighted by atomic mass is 10.1. The summed E-state index contributed by atoms with van der Waals surface area (Å²) in [6, 6.07) is 12.1. The van der Waals surface area contributed by atoms with Gasteiger partial charge in [-0.2, -0.15) is 5.10 Å². The maximum absolute atomic E-state index is 11.6. The van der Waals surface area contributed by atoms with Crippen LogP contribution in [0.1, 0.15) is 11.1 Å². The first-order chi connectivity index (χ1) is 12.0. The van der Waals surface area contributed by atoms with Gasteiger partial charge in [-0.05, 0) is 47.9 Å². The van der Waals surface area contributed by atoms with Crippen molar-refractivity contribution in [1.29, 1.82) is 0 Å². The number of nitrogens with zero attached hydrogens (tertiary/aromatic N) is 2. The summed E-state index contributed by atoms with van der Waals surface area (Å²) in [5.41, 5.74) is 7.20. The van der Waals surface area contributed by atoms with Crippen LogP contribution in [0.5, 0.6) is 11.5 Å². The van der Waals surface area contributed by atoms with E-state index in [1.54, 1.807) is 44.7 Å². The number of methoxy groups -OCH3 is 2. The number of carbonyl (C=O) groups excluding carboxylic acids is 1. The molecular formula is C18H20ClN3O3. The number of hydrogen-bond donors (Lipinski definition) is 1. The second kappa shape index (κ2) is 8.94. The van der Waals surface area contributed by atoms with Crippen molar-refractivity contribution in [3.8, 4) is 11.5 Å². The summed E-state index contributed by atoms with van der Waals surface area (Å²) in [6.45, 7) is 0.362. The van der Waals surface area contributed by atoms with Crippen LogP contribution in [0.15, 0.2) is 47.6 Å². The van der Waals surface area contributed by atoms with Gasteiger partial charge >= 0.3 is 6.03 Å². The van der Waals surface area contributed by atoms with Crippen molar-refractivity contribution in [2.75, 3.05) is 20.8 Å². The third-order valence-corrected chi connectivity index (χ3v) is 3.79. The zero-order chi connectivity index (χ0) is 18.2. The number of hydrazone groups is 1. The molecule has 0 unspecified atom stereocenters. The summed E-state index contributed by atoms with van der Waals surface area (Å²) in [5.74, 6) is 1.20. The first-order valence-electron chi connectivity index (χ1n) is 7.61. The average molecular weight is 362 g/mol. The topological polar surface area (TPSA) is 77.1 Å². The van der Waals surface area contributed by atoms with Gasteiger partial charge in [0, 0.05) is 5.02 Å². The van der Waals surface area contributed by atoms with Crippen molar-refractivity contribution in [2.45, 2.75) is 6.42 Å². The molecule has 0 aliphatic carbocycles. The summed E-state index contributed by atoms with van der Waals surface area (Å²) in [7, 11) is 3.12. The molecule has 2 N–H and O–H groups in total. The minimum absolute atomic E-state index is 0.362. The van der Waals surface area contributed by atoms with Crippen molar-refractivity contribution in [3.63, 3.8) is 0 Å². The smallest absolute Gasteiger partial charge is 0.335 e. The normalized spacial score (nSPS) is 10.7. The van der Waals surface area contributed by atoms with E-state index in [1.807, 2.05) is 18.2 Å². The second-order valence-electron chi connectivity index (χ2n) is 5.20. The van der Waals surface area contributed by atoms with Gasteiger partial charge in [0.2, 0.25) is 0 Å². The van der Waals surface area contributed by atoms with E-state index < -0.39 is 6.03 Å². The predicted octanol–water partition coefficient (Wildman–Crippen LogP) is 3.31. The van der Waals surface area contributed by atoms with Crippen molar-refractivity contribution in [3.05, 3.63) is 58.6 Å². The van der Waals surface area contributed by atoms with Gasteiger partial charge in [0.1, 0.15) is 0 Å². The molecule has 0 fully saturated rings. The quantitative estimate of drug-likeness (QED) is 0.607. The number of urea groups is 1. The molecule has 0 aliphatic rings. The van der Waals surface area contributed by atoms with Crippen LogP contribution < -0.4 is 15.2 Å². The van der Waals surface area contributed by atoms with E-state index in [4.69, 9.17) is 26.8 Å². The molecule has 2 aromatic rings. The Labute approximate surface area is 151 Å². The summed E-state index contributed by atoms with van der Waals surface area (Å²) in [4.78, 5) is 11.6. The highest BCUT2D eigenvalue weighted by molar-refractivity contribution is 6.30. The van der Waals surface area contributed by atoms with Gasteiger partial charge in [0.15, 0.2) is 11.5 Å². The lowest BCUT2D eigenvalue weighted by Crippen LogP contribution is -2.33. The first kappa shape index (κ1) is 18.6. The first-order valence-corrected chi connectivity index (χ1v) is 7.98. The number of primary amides is 1. The molecule has 0 atom stereocenters. The van der Waals surface area contributed by atoms with Gasteiger partial charge in [-0.25, -0.2) is 9.80 Å². The van der Waals surface area contributed by atoms with E-state index in [2.05, 4.69) is 5.10 Å². The summed E-state index contributed by atoms with van der Waals surface area (Å²) in [6.07, 6.45) is 2.16. The van der Waals surface area contributed by atoms with E-state index in [9.17, 15) is 4.79 Å². The number of amides is 2. The van der Waals surface area contributed by atoms with E-state index in [-0.39, 0.29) is 0 Å². The number of benzene rings is 2. The van der Waals surface area contributed by atoms with Crippen LogP contribution in [0.4, 0.5) is 4.79 Å². The highest BCUT2D eigenvalue weighted by Gasteiger charge is 2.08. The Morgan fingerprint density at radius 3 is 2.44 bits per heavy atom. The Morgan fingerprint density at radius 2 is 1.84 bits per heavy atom. The Kier molecular flexibility index (Phi) is 6.65. The Balaban J connectivity index is 2.06. The van der Waals surface area contributed by atoms with Crippen LogP contribution in [-0.2, 0) is 6.42 Å². The average Bonchev–Trinajstić information content (AvgIpc) is 2.62. The summed E-state index contributed by atoms with van der Waals surface area (Å²) < 4.78 is 10.4. The van der Waals surface area contributed by atoms with Gasteiger partial charge in [-0.15, -0.1) is 0 Å². The SMILES string of the molecule is COc1ccc(/C=N\N(CCc2ccc(Cl)cc2)C(N)=O)cc1OC. The van der Waals surface area contributed by atoms with Crippen LogP contribution >= 0.6 is 11.6 Å². The van der Waals surface area contributed by atoms with E-state index in [1.165, 1.54) is 5.01 Å². The van der Waals surface area contributed by atoms with Crippen LogP contribution in [0, 0.1) is 0 Å². The molecule has 25 heavy (non-hydrogen) atoms. The zero-order valence-electron chi connectivity index (χ0n) is 14.1. The van der Waals surface area contributed by atoms with Gasteiger partial charge in [-0.1, -0.05) is 23.7 Å². The van der Waals surface area contributed by atoms with Crippen LogP contribution in [0.25, 0.3) is 0 Å². The second-order valence-corrected chi connectivity index (χ2v) is 5.63. The molecule has 0 saturated heterocycles. The van der Waals surface area contributed by atoms with E-state index in [0.717, 1.165) is 11.1 Å². The molecule has 0 radical (unpaired) electrons. The third kappa shape index (κ3) is 5.39. The lowest BCUT2D eigenvalue weighted by Gasteiger charge is -2.14. The van der Waals surface area contributed by atoms with Gasteiger partial charge in [0.25, 0.3) is 0 Å². The number of halogens is 1. The minimum atomic E-state index is -0.620. The summed E-state index contributed by atoms with van der Waals surface area (Å²) >= 11 is 5.86. The highest BCUT2D eigenvalue weighted by Crippen LogP contribution is 2.26. The molecule has 2 aromatic carbocycles. The maximum atomic E-state index is 11.6. The highest BCUT2D eigenvalue weighted by atomic mass is 35.5. The number of nitrogens with two attached hydrogens (primary N) is 1. The lowest BCUT2D eigenvalue weighted by molar-refractivity contribution is 0.211. The van der Waals surface area contributed by atoms with Crippen LogP contribution in [0.3, 0.4) is 0 Å². The fourth-order valence-electron chi connectivity index (χ4n) is 2.18. The van der Waals surface area contributed by atoms with Crippen molar-refractivity contribution < 1.29 is 14.3 Å². The third-order valence-electron chi connectivity index (χ3n) is 3.53. The van der Waals surface area contributed by atoms with Crippen molar-refractivity contribution >= 4 is 23.8 Å².